The van der Waals surface area contributed by atoms with Gasteiger partial charge in [-0.15, -0.1) is 11.6 Å². The molecule has 0 saturated heterocycles. The number of hydrogen-bond donors (Lipinski definition) is 0. The normalized spacial score (nSPS) is 12.2. The van der Waals surface area contributed by atoms with Crippen LogP contribution in [0.25, 0.3) is 0 Å². The van der Waals surface area contributed by atoms with Crippen LogP contribution in [0.1, 0.15) is 34.1 Å². The minimum absolute atomic E-state index is 0.106. The van der Waals surface area contributed by atoms with Gasteiger partial charge >= 0.3 is 0 Å². The maximum Gasteiger partial charge on any atom is 0.129 e. The first kappa shape index (κ1) is 15.8. The molecular formula is C18H20ClFO. The molecule has 2 aromatic rings. The second-order valence-electron chi connectivity index (χ2n) is 5.32. The van der Waals surface area contributed by atoms with E-state index in [0.717, 1.165) is 24.2 Å². The summed E-state index contributed by atoms with van der Waals surface area (Å²) in [5.74, 6) is 0.712. The molecule has 3 heteroatoms. The van der Waals surface area contributed by atoms with Crippen molar-refractivity contribution in [3.05, 3.63) is 64.5 Å². The van der Waals surface area contributed by atoms with E-state index in [0.29, 0.717) is 11.1 Å². The maximum absolute atomic E-state index is 13.6. The standard InChI is InChI=1S/C18H20ClFO/c1-12-10-15(11-13(2)18(12)20)17(19)9-6-14-4-7-16(21-3)8-5-14/h4-5,7-8,10-11,17H,6,9H2,1-3H3. The third kappa shape index (κ3) is 3.98. The molecule has 0 bridgehead atoms. The van der Waals surface area contributed by atoms with Gasteiger partial charge in [0.05, 0.1) is 12.5 Å². The molecule has 2 aromatic carbocycles. The molecule has 0 saturated carbocycles. The Morgan fingerprint density at radius 3 is 2.19 bits per heavy atom. The number of halogens is 2. The van der Waals surface area contributed by atoms with E-state index >= 15 is 0 Å². The lowest BCUT2D eigenvalue weighted by Gasteiger charge is -2.13. The number of alkyl halides is 1. The molecule has 0 radical (unpaired) electrons. The van der Waals surface area contributed by atoms with Gasteiger partial charge in [0.1, 0.15) is 11.6 Å². The second kappa shape index (κ2) is 6.95. The summed E-state index contributed by atoms with van der Waals surface area (Å²) in [4.78, 5) is 0. The Balaban J connectivity index is 2.02. The lowest BCUT2D eigenvalue weighted by Crippen LogP contribution is -1.98. The van der Waals surface area contributed by atoms with Crippen molar-refractivity contribution in [1.29, 1.82) is 0 Å². The summed E-state index contributed by atoms with van der Waals surface area (Å²) in [5, 5.41) is -0.106. The summed E-state index contributed by atoms with van der Waals surface area (Å²) >= 11 is 6.46. The molecule has 0 aromatic heterocycles. The molecule has 0 amide bonds. The Morgan fingerprint density at radius 1 is 1.10 bits per heavy atom. The van der Waals surface area contributed by atoms with Gasteiger partial charge in [-0.25, -0.2) is 4.39 Å². The molecule has 2 rings (SSSR count). The molecule has 1 unspecified atom stereocenters. The van der Waals surface area contributed by atoms with Crippen LogP contribution in [0.4, 0.5) is 4.39 Å². The molecule has 21 heavy (non-hydrogen) atoms. The van der Waals surface area contributed by atoms with Crippen LogP contribution >= 0.6 is 11.6 Å². The van der Waals surface area contributed by atoms with Gasteiger partial charge in [-0.3, -0.25) is 0 Å². The summed E-state index contributed by atoms with van der Waals surface area (Å²) in [7, 11) is 1.66. The predicted molar refractivity (Wildman–Crippen MR) is 85.8 cm³/mol. The first-order valence-electron chi connectivity index (χ1n) is 7.05. The van der Waals surface area contributed by atoms with Gasteiger partial charge in [-0.2, -0.15) is 0 Å². The van der Waals surface area contributed by atoms with Gasteiger partial charge in [0.25, 0.3) is 0 Å². The highest BCUT2D eigenvalue weighted by Gasteiger charge is 2.12. The van der Waals surface area contributed by atoms with Crippen molar-refractivity contribution in [2.75, 3.05) is 7.11 Å². The van der Waals surface area contributed by atoms with E-state index in [1.54, 1.807) is 21.0 Å². The summed E-state index contributed by atoms with van der Waals surface area (Å²) in [6.07, 6.45) is 1.70. The average molecular weight is 307 g/mol. The minimum Gasteiger partial charge on any atom is -0.497 e. The summed E-state index contributed by atoms with van der Waals surface area (Å²) in [6, 6.07) is 11.7. The highest BCUT2D eigenvalue weighted by atomic mass is 35.5. The fourth-order valence-electron chi connectivity index (χ4n) is 2.41. The highest BCUT2D eigenvalue weighted by Crippen LogP contribution is 2.29. The van der Waals surface area contributed by atoms with Gasteiger partial charge in [-0.1, -0.05) is 24.3 Å². The lowest BCUT2D eigenvalue weighted by atomic mass is 9.99. The second-order valence-corrected chi connectivity index (χ2v) is 5.85. The molecule has 0 aliphatic rings. The van der Waals surface area contributed by atoms with Gasteiger partial charge in [0, 0.05) is 0 Å². The fourth-order valence-corrected chi connectivity index (χ4v) is 2.65. The van der Waals surface area contributed by atoms with Crippen LogP contribution in [-0.2, 0) is 6.42 Å². The molecular weight excluding hydrogens is 287 g/mol. The molecule has 0 spiro atoms. The zero-order valence-corrected chi connectivity index (χ0v) is 13.4. The van der Waals surface area contributed by atoms with Crippen LogP contribution in [0.15, 0.2) is 36.4 Å². The summed E-state index contributed by atoms with van der Waals surface area (Å²) < 4.78 is 18.8. The molecule has 112 valence electrons. The Bertz CT molecular complexity index is 584. The molecule has 1 atom stereocenters. The van der Waals surface area contributed by atoms with E-state index in [1.807, 2.05) is 36.4 Å². The van der Waals surface area contributed by atoms with Gasteiger partial charge in [0.2, 0.25) is 0 Å². The van der Waals surface area contributed by atoms with Gasteiger partial charge in [-0.05, 0) is 61.1 Å². The van der Waals surface area contributed by atoms with Crippen LogP contribution < -0.4 is 4.74 Å². The van der Waals surface area contributed by atoms with Crippen LogP contribution in [0, 0.1) is 19.7 Å². The summed E-state index contributed by atoms with van der Waals surface area (Å²) in [5.41, 5.74) is 3.51. The smallest absolute Gasteiger partial charge is 0.129 e. The zero-order chi connectivity index (χ0) is 15.4. The molecule has 0 aliphatic carbocycles. The van der Waals surface area contributed by atoms with Crippen molar-refractivity contribution >= 4 is 11.6 Å². The lowest BCUT2D eigenvalue weighted by molar-refractivity contribution is 0.414. The number of ether oxygens (including phenoxy) is 1. The molecule has 0 aliphatic heterocycles. The molecule has 0 heterocycles. The number of aryl methyl sites for hydroxylation is 3. The van der Waals surface area contributed by atoms with E-state index in [2.05, 4.69) is 0 Å². The maximum atomic E-state index is 13.6. The number of rotatable bonds is 5. The predicted octanol–water partition coefficient (Wildman–Crippen LogP) is 5.36. The molecule has 0 fully saturated rings. The highest BCUT2D eigenvalue weighted by molar-refractivity contribution is 6.20. The molecule has 1 nitrogen and oxygen atoms in total. The number of hydrogen-bond acceptors (Lipinski definition) is 1. The zero-order valence-electron chi connectivity index (χ0n) is 12.6. The third-order valence-electron chi connectivity index (χ3n) is 3.67. The van der Waals surface area contributed by atoms with E-state index < -0.39 is 0 Å². The Hall–Kier alpha value is -1.54. The quantitative estimate of drug-likeness (QED) is 0.675. The van der Waals surface area contributed by atoms with Crippen molar-refractivity contribution in [3.63, 3.8) is 0 Å². The average Bonchev–Trinajstić information content (AvgIpc) is 2.50. The third-order valence-corrected chi connectivity index (χ3v) is 4.14. The van der Waals surface area contributed by atoms with Gasteiger partial charge in [0.15, 0.2) is 0 Å². The van der Waals surface area contributed by atoms with Crippen molar-refractivity contribution in [1.82, 2.24) is 0 Å². The van der Waals surface area contributed by atoms with E-state index in [1.165, 1.54) is 5.56 Å². The minimum atomic E-state index is -0.141. The topological polar surface area (TPSA) is 9.23 Å². The number of benzene rings is 2. The van der Waals surface area contributed by atoms with Gasteiger partial charge < -0.3 is 4.74 Å². The van der Waals surface area contributed by atoms with Crippen LogP contribution in [-0.4, -0.2) is 7.11 Å². The van der Waals surface area contributed by atoms with Crippen molar-refractivity contribution in [2.24, 2.45) is 0 Å². The fraction of sp³-hybridized carbons (Fsp3) is 0.333. The monoisotopic (exact) mass is 306 g/mol. The molecule has 0 N–H and O–H groups in total. The van der Waals surface area contributed by atoms with E-state index in [4.69, 9.17) is 16.3 Å². The Kier molecular flexibility index (Phi) is 5.24. The van der Waals surface area contributed by atoms with Crippen LogP contribution in [0.3, 0.4) is 0 Å². The van der Waals surface area contributed by atoms with E-state index in [9.17, 15) is 4.39 Å². The van der Waals surface area contributed by atoms with Crippen LogP contribution in [0.5, 0.6) is 5.75 Å². The largest absolute Gasteiger partial charge is 0.497 e. The van der Waals surface area contributed by atoms with Crippen molar-refractivity contribution in [2.45, 2.75) is 32.1 Å². The van der Waals surface area contributed by atoms with E-state index in [-0.39, 0.29) is 11.2 Å². The Morgan fingerprint density at radius 2 is 1.67 bits per heavy atom. The van der Waals surface area contributed by atoms with Crippen molar-refractivity contribution < 1.29 is 9.13 Å². The first-order chi connectivity index (χ1) is 10.0. The van der Waals surface area contributed by atoms with Crippen LogP contribution in [0.2, 0.25) is 0 Å². The SMILES string of the molecule is COc1ccc(CCC(Cl)c2cc(C)c(F)c(C)c2)cc1. The summed E-state index contributed by atoms with van der Waals surface area (Å²) in [6.45, 7) is 3.55. The number of methoxy groups -OCH3 is 1. The Labute approximate surface area is 130 Å². The van der Waals surface area contributed by atoms with Crippen molar-refractivity contribution in [3.8, 4) is 5.75 Å². The first-order valence-corrected chi connectivity index (χ1v) is 7.48.